The Morgan fingerprint density at radius 3 is 2.78 bits per heavy atom. The van der Waals surface area contributed by atoms with E-state index in [4.69, 9.17) is 4.74 Å². The number of hydrogen-bond acceptors (Lipinski definition) is 3. The summed E-state index contributed by atoms with van der Waals surface area (Å²) in [5.74, 6) is 0.679. The summed E-state index contributed by atoms with van der Waals surface area (Å²) < 4.78 is 19.7. The molecule has 0 saturated carbocycles. The standard InChI is InChI=1S/C14H16FNOS/c1-17-12-6-10-7-13(9-2-4-16-5-3-9)18-14(10)8-11(12)15/h6-9,16H,2-5H2,1H3. The average molecular weight is 265 g/mol. The van der Waals surface area contributed by atoms with Crippen molar-refractivity contribution < 1.29 is 9.13 Å². The Morgan fingerprint density at radius 1 is 1.28 bits per heavy atom. The maximum atomic E-state index is 13.6. The van der Waals surface area contributed by atoms with E-state index in [1.807, 2.05) is 0 Å². The SMILES string of the molecule is COc1cc2cc(C3CCNCC3)sc2cc1F. The van der Waals surface area contributed by atoms with E-state index in [0.29, 0.717) is 11.7 Å². The van der Waals surface area contributed by atoms with Gasteiger partial charge in [-0.15, -0.1) is 11.3 Å². The topological polar surface area (TPSA) is 21.3 Å². The second kappa shape index (κ2) is 4.86. The fourth-order valence-corrected chi connectivity index (χ4v) is 3.77. The van der Waals surface area contributed by atoms with Gasteiger partial charge in [0.1, 0.15) is 0 Å². The van der Waals surface area contributed by atoms with E-state index >= 15 is 0 Å². The molecule has 1 aromatic carbocycles. The molecule has 2 heterocycles. The Morgan fingerprint density at radius 2 is 2.06 bits per heavy atom. The van der Waals surface area contributed by atoms with Gasteiger partial charge >= 0.3 is 0 Å². The Bertz CT molecular complexity index is 560. The number of benzene rings is 1. The minimum absolute atomic E-state index is 0.274. The number of thiophene rings is 1. The van der Waals surface area contributed by atoms with Crippen molar-refractivity contribution >= 4 is 21.4 Å². The van der Waals surface area contributed by atoms with Crippen LogP contribution >= 0.6 is 11.3 Å². The molecule has 0 amide bonds. The van der Waals surface area contributed by atoms with Crippen LogP contribution < -0.4 is 10.1 Å². The van der Waals surface area contributed by atoms with Gasteiger partial charge in [-0.05, 0) is 55.4 Å². The molecular formula is C14H16FNOS. The predicted octanol–water partition coefficient (Wildman–Crippen LogP) is 3.52. The minimum Gasteiger partial charge on any atom is -0.494 e. The molecule has 18 heavy (non-hydrogen) atoms. The van der Waals surface area contributed by atoms with Crippen LogP contribution in [0.2, 0.25) is 0 Å². The number of hydrogen-bond donors (Lipinski definition) is 1. The van der Waals surface area contributed by atoms with E-state index in [1.165, 1.54) is 24.8 Å². The predicted molar refractivity (Wildman–Crippen MR) is 73.2 cm³/mol. The molecule has 96 valence electrons. The second-order valence-electron chi connectivity index (χ2n) is 4.70. The van der Waals surface area contributed by atoms with Crippen LogP contribution in [-0.2, 0) is 0 Å². The monoisotopic (exact) mass is 265 g/mol. The van der Waals surface area contributed by atoms with Crippen molar-refractivity contribution in [2.75, 3.05) is 20.2 Å². The maximum absolute atomic E-state index is 13.6. The smallest absolute Gasteiger partial charge is 0.166 e. The lowest BCUT2D eigenvalue weighted by Gasteiger charge is -2.21. The number of halogens is 1. The van der Waals surface area contributed by atoms with E-state index in [2.05, 4.69) is 11.4 Å². The van der Waals surface area contributed by atoms with Crippen molar-refractivity contribution in [2.45, 2.75) is 18.8 Å². The molecule has 0 atom stereocenters. The fraction of sp³-hybridized carbons (Fsp3) is 0.429. The van der Waals surface area contributed by atoms with E-state index in [-0.39, 0.29) is 5.82 Å². The van der Waals surface area contributed by atoms with Gasteiger partial charge in [0.05, 0.1) is 7.11 Å². The molecule has 1 aliphatic heterocycles. The molecule has 1 fully saturated rings. The molecule has 2 nitrogen and oxygen atoms in total. The first-order chi connectivity index (χ1) is 8.78. The van der Waals surface area contributed by atoms with E-state index in [1.54, 1.807) is 23.5 Å². The molecule has 1 aliphatic rings. The van der Waals surface area contributed by atoms with Crippen LogP contribution in [0.1, 0.15) is 23.6 Å². The highest BCUT2D eigenvalue weighted by molar-refractivity contribution is 7.19. The highest BCUT2D eigenvalue weighted by atomic mass is 32.1. The zero-order chi connectivity index (χ0) is 12.5. The van der Waals surface area contributed by atoms with Gasteiger partial charge in [0, 0.05) is 9.58 Å². The van der Waals surface area contributed by atoms with Gasteiger partial charge < -0.3 is 10.1 Å². The molecule has 0 aliphatic carbocycles. The lowest BCUT2D eigenvalue weighted by atomic mass is 9.96. The summed E-state index contributed by atoms with van der Waals surface area (Å²) >= 11 is 1.71. The first kappa shape index (κ1) is 11.9. The molecule has 1 saturated heterocycles. The van der Waals surface area contributed by atoms with Crippen LogP contribution in [0.3, 0.4) is 0 Å². The van der Waals surface area contributed by atoms with Crippen molar-refractivity contribution in [3.05, 3.63) is 28.9 Å². The number of piperidine rings is 1. The zero-order valence-electron chi connectivity index (χ0n) is 10.3. The lowest BCUT2D eigenvalue weighted by Crippen LogP contribution is -2.26. The minimum atomic E-state index is -0.274. The zero-order valence-corrected chi connectivity index (χ0v) is 11.1. The molecule has 1 aromatic heterocycles. The summed E-state index contributed by atoms with van der Waals surface area (Å²) in [6, 6.07) is 5.58. The van der Waals surface area contributed by atoms with Crippen LogP contribution in [0.15, 0.2) is 18.2 Å². The molecule has 3 rings (SSSR count). The number of ether oxygens (including phenoxy) is 1. The molecule has 2 aromatic rings. The van der Waals surface area contributed by atoms with Gasteiger partial charge in [-0.3, -0.25) is 0 Å². The number of methoxy groups -OCH3 is 1. The van der Waals surface area contributed by atoms with Crippen molar-refractivity contribution in [2.24, 2.45) is 0 Å². The van der Waals surface area contributed by atoms with Crippen LogP contribution in [0.25, 0.3) is 10.1 Å². The Kier molecular flexibility index (Phi) is 3.22. The van der Waals surface area contributed by atoms with E-state index in [0.717, 1.165) is 23.2 Å². The highest BCUT2D eigenvalue weighted by Gasteiger charge is 2.18. The Labute approximate surface area is 110 Å². The normalized spacial score (nSPS) is 17.2. The number of fused-ring (bicyclic) bond motifs is 1. The molecule has 0 bridgehead atoms. The van der Waals surface area contributed by atoms with Crippen molar-refractivity contribution in [1.29, 1.82) is 0 Å². The molecule has 0 radical (unpaired) electrons. The fourth-order valence-electron chi connectivity index (χ4n) is 2.53. The first-order valence-corrected chi connectivity index (χ1v) is 7.07. The first-order valence-electron chi connectivity index (χ1n) is 6.25. The van der Waals surface area contributed by atoms with Crippen LogP contribution in [0.5, 0.6) is 5.75 Å². The van der Waals surface area contributed by atoms with Gasteiger partial charge in [0.25, 0.3) is 0 Å². The third-order valence-corrected chi connectivity index (χ3v) is 4.81. The third-order valence-electron chi connectivity index (χ3n) is 3.55. The summed E-state index contributed by atoms with van der Waals surface area (Å²) in [6.07, 6.45) is 2.35. The summed E-state index contributed by atoms with van der Waals surface area (Å²) in [5, 5.41) is 4.46. The number of rotatable bonds is 2. The summed E-state index contributed by atoms with van der Waals surface area (Å²) in [5.41, 5.74) is 0. The Balaban J connectivity index is 1.99. The Hall–Kier alpha value is -1.13. The van der Waals surface area contributed by atoms with Crippen LogP contribution in [0, 0.1) is 5.82 Å². The average Bonchev–Trinajstić information content (AvgIpc) is 2.81. The van der Waals surface area contributed by atoms with Crippen LogP contribution in [-0.4, -0.2) is 20.2 Å². The maximum Gasteiger partial charge on any atom is 0.166 e. The third kappa shape index (κ3) is 2.10. The van der Waals surface area contributed by atoms with Gasteiger partial charge in [-0.2, -0.15) is 0 Å². The largest absolute Gasteiger partial charge is 0.494 e. The summed E-state index contributed by atoms with van der Waals surface area (Å²) in [4.78, 5) is 1.37. The van der Waals surface area contributed by atoms with E-state index in [9.17, 15) is 4.39 Å². The molecule has 0 spiro atoms. The second-order valence-corrected chi connectivity index (χ2v) is 5.81. The number of nitrogens with one attached hydrogen (secondary N) is 1. The quantitative estimate of drug-likeness (QED) is 0.897. The van der Waals surface area contributed by atoms with E-state index < -0.39 is 0 Å². The van der Waals surface area contributed by atoms with Gasteiger partial charge in [-0.1, -0.05) is 0 Å². The van der Waals surface area contributed by atoms with Gasteiger partial charge in [0.2, 0.25) is 0 Å². The summed E-state index contributed by atoms with van der Waals surface area (Å²) in [7, 11) is 1.50. The summed E-state index contributed by atoms with van der Waals surface area (Å²) in [6.45, 7) is 2.16. The lowest BCUT2D eigenvalue weighted by molar-refractivity contribution is 0.387. The molecule has 1 N–H and O–H groups in total. The highest BCUT2D eigenvalue weighted by Crippen LogP contribution is 2.37. The van der Waals surface area contributed by atoms with Crippen molar-refractivity contribution in [3.8, 4) is 5.75 Å². The molecular weight excluding hydrogens is 249 g/mol. The van der Waals surface area contributed by atoms with Gasteiger partial charge in [-0.25, -0.2) is 4.39 Å². The van der Waals surface area contributed by atoms with Gasteiger partial charge in [0.15, 0.2) is 11.6 Å². The van der Waals surface area contributed by atoms with Crippen molar-refractivity contribution in [1.82, 2.24) is 5.32 Å². The van der Waals surface area contributed by atoms with Crippen molar-refractivity contribution in [3.63, 3.8) is 0 Å². The molecule has 0 unspecified atom stereocenters. The molecule has 4 heteroatoms. The van der Waals surface area contributed by atoms with Crippen LogP contribution in [0.4, 0.5) is 4.39 Å².